The Morgan fingerprint density at radius 2 is 2.00 bits per heavy atom. The van der Waals surface area contributed by atoms with Crippen LogP contribution >= 0.6 is 0 Å². The predicted molar refractivity (Wildman–Crippen MR) is 130 cm³/mol. The van der Waals surface area contributed by atoms with Crippen LogP contribution in [0.5, 0.6) is 5.75 Å². The van der Waals surface area contributed by atoms with E-state index < -0.39 is 11.9 Å². The average molecular weight is 470 g/mol. The first-order valence-corrected chi connectivity index (χ1v) is 11.7. The molecule has 0 fully saturated rings. The van der Waals surface area contributed by atoms with Crippen molar-refractivity contribution in [3.63, 3.8) is 0 Å². The third-order valence-corrected chi connectivity index (χ3v) is 6.30. The number of rotatable bonds is 9. The van der Waals surface area contributed by atoms with Crippen LogP contribution in [0.3, 0.4) is 0 Å². The molecule has 184 valence electrons. The molecule has 8 nitrogen and oxygen atoms in total. The van der Waals surface area contributed by atoms with E-state index in [-0.39, 0.29) is 23.7 Å². The van der Waals surface area contributed by atoms with Gasteiger partial charge in [-0.25, -0.2) is 0 Å². The van der Waals surface area contributed by atoms with E-state index in [0.29, 0.717) is 53.1 Å². The zero-order valence-electron chi connectivity index (χ0n) is 20.6. The highest BCUT2D eigenvalue weighted by Crippen LogP contribution is 2.36. The van der Waals surface area contributed by atoms with E-state index >= 15 is 0 Å². The van der Waals surface area contributed by atoms with Crippen LogP contribution in [0.15, 0.2) is 18.2 Å². The lowest BCUT2D eigenvalue weighted by atomic mass is 9.75. The molecular formula is C26H35N3O5. The number of unbranched alkanes of at least 4 members (excludes halogenated alkanes) is 1. The minimum absolute atomic E-state index is 0.0396. The van der Waals surface area contributed by atoms with Gasteiger partial charge in [0, 0.05) is 17.7 Å². The Morgan fingerprint density at radius 1 is 1.26 bits per heavy atom. The fraction of sp³-hybridized carbons (Fsp3) is 0.500. The number of carbonyl (C=O) groups excluding carboxylic acids is 3. The molecule has 0 radical (unpaired) electrons. The minimum Gasteiger partial charge on any atom is -0.495 e. The summed E-state index contributed by atoms with van der Waals surface area (Å²) in [5, 5.41) is 15.0. The SMILES string of the molecule is CCCCC(NC(=O)c1[nH]c2c(c1C)C(=O)CC(C)(C)C2)C(=O)Nc1ccc(CO)cc1OC. The van der Waals surface area contributed by atoms with Gasteiger partial charge in [-0.3, -0.25) is 14.4 Å². The van der Waals surface area contributed by atoms with Gasteiger partial charge in [0.25, 0.3) is 5.91 Å². The first-order valence-electron chi connectivity index (χ1n) is 11.7. The average Bonchev–Trinajstić information content (AvgIpc) is 3.11. The fourth-order valence-corrected chi connectivity index (χ4v) is 4.52. The lowest BCUT2D eigenvalue weighted by molar-refractivity contribution is -0.118. The Labute approximate surface area is 200 Å². The maximum Gasteiger partial charge on any atom is 0.268 e. The summed E-state index contributed by atoms with van der Waals surface area (Å²) in [4.78, 5) is 42.2. The van der Waals surface area contributed by atoms with Gasteiger partial charge in [-0.1, -0.05) is 39.7 Å². The third kappa shape index (κ3) is 5.50. The summed E-state index contributed by atoms with van der Waals surface area (Å²) in [6.07, 6.45) is 3.22. The maximum absolute atomic E-state index is 13.2. The van der Waals surface area contributed by atoms with Crippen LogP contribution in [0, 0.1) is 12.3 Å². The van der Waals surface area contributed by atoms with Crippen molar-refractivity contribution in [3.05, 3.63) is 46.3 Å². The van der Waals surface area contributed by atoms with Gasteiger partial charge in [0.2, 0.25) is 5.91 Å². The Bertz CT molecular complexity index is 1090. The lowest BCUT2D eigenvalue weighted by Crippen LogP contribution is -2.44. The van der Waals surface area contributed by atoms with Gasteiger partial charge in [-0.2, -0.15) is 0 Å². The molecule has 4 N–H and O–H groups in total. The number of aliphatic hydroxyl groups is 1. The first-order chi connectivity index (χ1) is 16.1. The molecular weight excluding hydrogens is 434 g/mol. The molecule has 1 heterocycles. The van der Waals surface area contributed by atoms with Crippen molar-refractivity contribution in [2.24, 2.45) is 5.41 Å². The number of anilines is 1. The highest BCUT2D eigenvalue weighted by molar-refractivity contribution is 6.06. The molecule has 0 saturated carbocycles. The number of benzene rings is 1. The monoisotopic (exact) mass is 469 g/mol. The van der Waals surface area contributed by atoms with Crippen LogP contribution in [-0.4, -0.2) is 40.8 Å². The Kier molecular flexibility index (Phi) is 7.82. The molecule has 0 spiro atoms. The zero-order valence-corrected chi connectivity index (χ0v) is 20.6. The normalized spacial score (nSPS) is 15.4. The molecule has 0 aliphatic heterocycles. The van der Waals surface area contributed by atoms with Crippen LogP contribution in [-0.2, 0) is 17.8 Å². The highest BCUT2D eigenvalue weighted by Gasteiger charge is 2.35. The molecule has 8 heteroatoms. The summed E-state index contributed by atoms with van der Waals surface area (Å²) in [6, 6.07) is 4.25. The summed E-state index contributed by atoms with van der Waals surface area (Å²) >= 11 is 0. The molecule has 34 heavy (non-hydrogen) atoms. The Balaban J connectivity index is 1.81. The van der Waals surface area contributed by atoms with Gasteiger partial charge in [0.05, 0.1) is 19.4 Å². The zero-order chi connectivity index (χ0) is 25.0. The van der Waals surface area contributed by atoms with Gasteiger partial charge in [0.15, 0.2) is 5.78 Å². The Hall–Kier alpha value is -3.13. The molecule has 1 aliphatic carbocycles. The number of amides is 2. The number of Topliss-reactive ketones (excluding diaryl/α,β-unsaturated/α-hetero) is 1. The molecule has 2 amide bonds. The molecule has 0 bridgehead atoms. The predicted octanol–water partition coefficient (Wildman–Crippen LogP) is 3.91. The fourth-order valence-electron chi connectivity index (χ4n) is 4.52. The van der Waals surface area contributed by atoms with Gasteiger partial charge in [-0.15, -0.1) is 0 Å². The van der Waals surface area contributed by atoms with Crippen molar-refractivity contribution in [3.8, 4) is 5.75 Å². The molecule has 1 aliphatic rings. The second-order valence-corrected chi connectivity index (χ2v) is 9.77. The number of hydrogen-bond acceptors (Lipinski definition) is 5. The summed E-state index contributed by atoms with van der Waals surface area (Å²) in [5.41, 5.74) is 3.30. The van der Waals surface area contributed by atoms with Crippen molar-refractivity contribution in [2.45, 2.75) is 72.4 Å². The van der Waals surface area contributed by atoms with Crippen molar-refractivity contribution >= 4 is 23.3 Å². The van der Waals surface area contributed by atoms with Gasteiger partial charge in [0.1, 0.15) is 17.5 Å². The number of hydrogen-bond donors (Lipinski definition) is 4. The maximum atomic E-state index is 13.2. The summed E-state index contributed by atoms with van der Waals surface area (Å²) in [7, 11) is 1.49. The van der Waals surface area contributed by atoms with Crippen LogP contribution in [0.1, 0.15) is 84.1 Å². The molecule has 0 saturated heterocycles. The van der Waals surface area contributed by atoms with Crippen molar-refractivity contribution < 1.29 is 24.2 Å². The number of ether oxygens (including phenoxy) is 1. The quantitative estimate of drug-likeness (QED) is 0.444. The smallest absolute Gasteiger partial charge is 0.268 e. The molecule has 1 atom stereocenters. The molecule has 1 aromatic carbocycles. The van der Waals surface area contributed by atoms with Gasteiger partial charge < -0.3 is 25.5 Å². The number of carbonyl (C=O) groups is 3. The topological polar surface area (TPSA) is 121 Å². The molecule has 3 rings (SSSR count). The first kappa shape index (κ1) is 25.5. The number of fused-ring (bicyclic) bond motifs is 1. The van der Waals surface area contributed by atoms with E-state index in [0.717, 1.165) is 18.5 Å². The lowest BCUT2D eigenvalue weighted by Gasteiger charge is -2.28. The summed E-state index contributed by atoms with van der Waals surface area (Å²) < 4.78 is 5.34. The van der Waals surface area contributed by atoms with E-state index in [9.17, 15) is 19.5 Å². The van der Waals surface area contributed by atoms with E-state index in [1.54, 1.807) is 25.1 Å². The minimum atomic E-state index is -0.762. The van der Waals surface area contributed by atoms with Crippen molar-refractivity contribution in [1.82, 2.24) is 10.3 Å². The highest BCUT2D eigenvalue weighted by atomic mass is 16.5. The molecule has 2 aromatic rings. The van der Waals surface area contributed by atoms with Gasteiger partial charge >= 0.3 is 0 Å². The van der Waals surface area contributed by atoms with Crippen LogP contribution in [0.2, 0.25) is 0 Å². The Morgan fingerprint density at radius 3 is 2.65 bits per heavy atom. The van der Waals surface area contributed by atoms with E-state index in [1.807, 2.05) is 20.8 Å². The van der Waals surface area contributed by atoms with Crippen LogP contribution < -0.4 is 15.4 Å². The number of aromatic amines is 1. The number of nitrogens with one attached hydrogen (secondary N) is 3. The molecule has 1 unspecified atom stereocenters. The largest absolute Gasteiger partial charge is 0.495 e. The van der Waals surface area contributed by atoms with Crippen LogP contribution in [0.4, 0.5) is 5.69 Å². The second-order valence-electron chi connectivity index (χ2n) is 9.77. The van der Waals surface area contributed by atoms with E-state index in [4.69, 9.17) is 4.74 Å². The number of H-pyrrole nitrogens is 1. The van der Waals surface area contributed by atoms with Crippen molar-refractivity contribution in [1.29, 1.82) is 0 Å². The van der Waals surface area contributed by atoms with E-state index in [2.05, 4.69) is 15.6 Å². The number of ketones is 1. The van der Waals surface area contributed by atoms with Gasteiger partial charge in [-0.05, 0) is 48.4 Å². The molecule has 1 aromatic heterocycles. The second kappa shape index (κ2) is 10.4. The van der Waals surface area contributed by atoms with Crippen molar-refractivity contribution in [2.75, 3.05) is 12.4 Å². The third-order valence-electron chi connectivity index (χ3n) is 6.30. The number of aliphatic hydroxyl groups excluding tert-OH is 1. The summed E-state index contributed by atoms with van der Waals surface area (Å²) in [6.45, 7) is 7.73. The number of aromatic nitrogens is 1. The summed E-state index contributed by atoms with van der Waals surface area (Å²) in [5.74, 6) is -0.299. The number of methoxy groups -OCH3 is 1. The standard InChI is InChI=1S/C26H35N3O5/c1-6-7-8-18(24(32)28-17-10-9-16(14-30)11-21(17)34-5)29-25(33)23-15(2)22-19(27-23)12-26(3,4)13-20(22)31/h9-11,18,27,30H,6-8,12-14H2,1-5H3,(H,28,32)(H,29,33). The van der Waals surface area contributed by atoms with E-state index in [1.165, 1.54) is 7.11 Å². The van der Waals surface area contributed by atoms with Crippen LogP contribution in [0.25, 0.3) is 0 Å².